The molecule has 120 valence electrons. The van der Waals surface area contributed by atoms with Crippen molar-refractivity contribution in [1.29, 1.82) is 5.26 Å². The van der Waals surface area contributed by atoms with E-state index in [9.17, 15) is 19.2 Å². The molecule has 7 heteroatoms. The molecule has 0 saturated carbocycles. The molecule has 5 nitrogen and oxygen atoms in total. The van der Waals surface area contributed by atoms with E-state index in [-0.39, 0.29) is 30.5 Å². The molecule has 0 aliphatic carbocycles. The average molecular weight is 334 g/mol. The molecule has 1 amide bonds. The molecule has 0 saturated heterocycles. The van der Waals surface area contributed by atoms with Gasteiger partial charge in [0.05, 0.1) is 29.0 Å². The van der Waals surface area contributed by atoms with Gasteiger partial charge in [-0.25, -0.2) is 4.39 Å². The zero-order valence-electron chi connectivity index (χ0n) is 12.5. The van der Waals surface area contributed by atoms with Crippen LogP contribution in [0.1, 0.15) is 24.8 Å². The standard InChI is InChI=1S/C16H15FN2O3S/c1-2-22-15(21)9-23-16-13(8-18)12(7-14(20)19-16)10-3-5-11(17)6-4-10/h3-6,12H,2,7,9H2,1H3,(H,19,20)/t12-/m0/s1. The number of carbonyl (C=O) groups excluding carboxylic acids is 2. The van der Waals surface area contributed by atoms with E-state index in [1.54, 1.807) is 19.1 Å². The fraction of sp³-hybridized carbons (Fsp3) is 0.312. The highest BCUT2D eigenvalue weighted by Crippen LogP contribution is 2.35. The number of rotatable bonds is 5. The number of nitrogens with zero attached hydrogens (tertiary/aromatic N) is 1. The van der Waals surface area contributed by atoms with Gasteiger partial charge in [0.15, 0.2) is 0 Å². The first-order chi connectivity index (χ1) is 11.0. The van der Waals surface area contributed by atoms with Crippen LogP contribution in [0.3, 0.4) is 0 Å². The van der Waals surface area contributed by atoms with E-state index >= 15 is 0 Å². The summed E-state index contributed by atoms with van der Waals surface area (Å²) < 4.78 is 17.9. The summed E-state index contributed by atoms with van der Waals surface area (Å²) in [7, 11) is 0. The van der Waals surface area contributed by atoms with Gasteiger partial charge in [0.2, 0.25) is 5.91 Å². The van der Waals surface area contributed by atoms with Crippen LogP contribution in [0.4, 0.5) is 4.39 Å². The molecule has 0 fully saturated rings. The van der Waals surface area contributed by atoms with E-state index in [0.717, 1.165) is 11.8 Å². The summed E-state index contributed by atoms with van der Waals surface area (Å²) in [6.45, 7) is 1.98. The summed E-state index contributed by atoms with van der Waals surface area (Å²) in [4.78, 5) is 23.3. The first-order valence-corrected chi connectivity index (χ1v) is 8.01. The Balaban J connectivity index is 2.26. The number of ether oxygens (including phenoxy) is 1. The lowest BCUT2D eigenvalue weighted by atomic mass is 9.87. The van der Waals surface area contributed by atoms with Gasteiger partial charge < -0.3 is 10.1 Å². The van der Waals surface area contributed by atoms with Gasteiger partial charge in [0.1, 0.15) is 5.82 Å². The molecule has 1 aliphatic rings. The number of amides is 1. The normalized spacial score (nSPS) is 17.4. The maximum atomic E-state index is 13.1. The van der Waals surface area contributed by atoms with E-state index in [0.29, 0.717) is 16.2 Å². The van der Waals surface area contributed by atoms with Crippen molar-refractivity contribution in [3.8, 4) is 6.07 Å². The molecule has 0 radical (unpaired) electrons. The third kappa shape index (κ3) is 4.33. The Labute approximate surface area is 137 Å². The lowest BCUT2D eigenvalue weighted by molar-refractivity contribution is -0.139. The second kappa shape index (κ2) is 7.79. The maximum Gasteiger partial charge on any atom is 0.316 e. The monoisotopic (exact) mass is 334 g/mol. The van der Waals surface area contributed by atoms with E-state index in [2.05, 4.69) is 11.4 Å². The van der Waals surface area contributed by atoms with Crippen molar-refractivity contribution in [2.24, 2.45) is 0 Å². The SMILES string of the molecule is CCOC(=O)CSC1=C(C#N)[C@H](c2ccc(F)cc2)CC(=O)N1. The van der Waals surface area contributed by atoms with Crippen LogP contribution >= 0.6 is 11.8 Å². The minimum absolute atomic E-state index is 0.00473. The first kappa shape index (κ1) is 17.0. The fourth-order valence-electron chi connectivity index (χ4n) is 2.25. The van der Waals surface area contributed by atoms with Crippen molar-refractivity contribution in [3.63, 3.8) is 0 Å². The third-order valence-corrected chi connectivity index (χ3v) is 4.26. The molecule has 0 bridgehead atoms. The summed E-state index contributed by atoms with van der Waals surface area (Å²) in [5.41, 5.74) is 1.05. The maximum absolute atomic E-state index is 13.1. The molecular weight excluding hydrogens is 319 g/mol. The molecule has 1 aliphatic heterocycles. The summed E-state index contributed by atoms with van der Waals surface area (Å²) >= 11 is 1.06. The third-order valence-electron chi connectivity index (χ3n) is 3.27. The van der Waals surface area contributed by atoms with Gasteiger partial charge in [-0.15, -0.1) is 0 Å². The van der Waals surface area contributed by atoms with Crippen molar-refractivity contribution < 1.29 is 18.7 Å². The van der Waals surface area contributed by atoms with Gasteiger partial charge in [-0.1, -0.05) is 23.9 Å². The number of benzene rings is 1. The molecule has 2 rings (SSSR count). The van der Waals surface area contributed by atoms with Gasteiger partial charge in [-0.3, -0.25) is 9.59 Å². The average Bonchev–Trinajstić information content (AvgIpc) is 2.53. The highest BCUT2D eigenvalue weighted by atomic mass is 32.2. The van der Waals surface area contributed by atoms with Crippen molar-refractivity contribution in [2.75, 3.05) is 12.4 Å². The first-order valence-electron chi connectivity index (χ1n) is 7.03. The Kier molecular flexibility index (Phi) is 5.77. The minimum atomic E-state index is -0.445. The van der Waals surface area contributed by atoms with Crippen molar-refractivity contribution in [2.45, 2.75) is 19.3 Å². The number of nitriles is 1. The van der Waals surface area contributed by atoms with Crippen LogP contribution < -0.4 is 5.32 Å². The topological polar surface area (TPSA) is 79.2 Å². The number of allylic oxidation sites excluding steroid dienone is 1. The smallest absolute Gasteiger partial charge is 0.316 e. The van der Waals surface area contributed by atoms with E-state index in [4.69, 9.17) is 4.74 Å². The molecule has 1 heterocycles. The molecule has 0 spiro atoms. The van der Waals surface area contributed by atoms with Gasteiger partial charge in [0.25, 0.3) is 0 Å². The molecule has 0 unspecified atom stereocenters. The van der Waals surface area contributed by atoms with Crippen LogP contribution in [0, 0.1) is 17.1 Å². The van der Waals surface area contributed by atoms with Gasteiger partial charge >= 0.3 is 5.97 Å². The van der Waals surface area contributed by atoms with Crippen LogP contribution in [0.5, 0.6) is 0 Å². The zero-order chi connectivity index (χ0) is 16.8. The molecular formula is C16H15FN2O3S. The van der Waals surface area contributed by atoms with Crippen molar-refractivity contribution in [3.05, 3.63) is 46.2 Å². The van der Waals surface area contributed by atoms with Crippen LogP contribution in [-0.2, 0) is 14.3 Å². The molecule has 1 aromatic carbocycles. The number of esters is 1. The Morgan fingerprint density at radius 1 is 1.48 bits per heavy atom. The Morgan fingerprint density at radius 3 is 2.78 bits per heavy atom. The van der Waals surface area contributed by atoms with Gasteiger partial charge in [-0.05, 0) is 24.6 Å². The second-order valence-electron chi connectivity index (χ2n) is 4.80. The van der Waals surface area contributed by atoms with Crippen LogP contribution in [0.2, 0.25) is 0 Å². The van der Waals surface area contributed by atoms with E-state index < -0.39 is 11.9 Å². The van der Waals surface area contributed by atoms with E-state index in [1.165, 1.54) is 12.1 Å². The van der Waals surface area contributed by atoms with Crippen molar-refractivity contribution >= 4 is 23.6 Å². The number of thioether (sulfide) groups is 1. The molecule has 1 N–H and O–H groups in total. The van der Waals surface area contributed by atoms with Gasteiger partial charge in [0, 0.05) is 12.3 Å². The molecule has 1 aromatic rings. The highest BCUT2D eigenvalue weighted by molar-refractivity contribution is 8.03. The van der Waals surface area contributed by atoms with Crippen LogP contribution in [-0.4, -0.2) is 24.2 Å². The Hall–Kier alpha value is -2.33. The van der Waals surface area contributed by atoms with Crippen molar-refractivity contribution in [1.82, 2.24) is 5.32 Å². The minimum Gasteiger partial charge on any atom is -0.465 e. The largest absolute Gasteiger partial charge is 0.465 e. The number of hydrogen-bond donors (Lipinski definition) is 1. The predicted molar refractivity (Wildman–Crippen MR) is 83.6 cm³/mol. The lowest BCUT2D eigenvalue weighted by Gasteiger charge is -2.24. The Bertz CT molecular complexity index is 680. The molecule has 0 aromatic heterocycles. The number of halogens is 1. The Morgan fingerprint density at radius 2 is 2.17 bits per heavy atom. The lowest BCUT2D eigenvalue weighted by Crippen LogP contribution is -2.31. The molecule has 1 atom stereocenters. The number of hydrogen-bond acceptors (Lipinski definition) is 5. The molecule has 23 heavy (non-hydrogen) atoms. The second-order valence-corrected chi connectivity index (χ2v) is 5.79. The fourth-order valence-corrected chi connectivity index (χ4v) is 3.12. The number of nitrogens with one attached hydrogen (secondary N) is 1. The van der Waals surface area contributed by atoms with Gasteiger partial charge in [-0.2, -0.15) is 5.26 Å². The van der Waals surface area contributed by atoms with Crippen LogP contribution in [0.15, 0.2) is 34.9 Å². The van der Waals surface area contributed by atoms with Crippen LogP contribution in [0.25, 0.3) is 0 Å². The summed E-state index contributed by atoms with van der Waals surface area (Å²) in [6.07, 6.45) is 0.109. The quantitative estimate of drug-likeness (QED) is 0.837. The zero-order valence-corrected chi connectivity index (χ0v) is 13.3. The summed E-state index contributed by atoms with van der Waals surface area (Å²) in [6, 6.07) is 7.80. The predicted octanol–water partition coefficient (Wildman–Crippen LogP) is 2.46. The van der Waals surface area contributed by atoms with E-state index in [1.807, 2.05) is 0 Å². The summed E-state index contributed by atoms with van der Waals surface area (Å²) in [5, 5.41) is 12.4. The number of carbonyl (C=O) groups is 2. The summed E-state index contributed by atoms with van der Waals surface area (Å²) in [5.74, 6) is -1.48. The highest BCUT2D eigenvalue weighted by Gasteiger charge is 2.29.